The molecule has 1 unspecified atom stereocenters. The number of nitrogens with zero attached hydrogens (tertiary/aromatic N) is 3. The molecule has 0 amide bonds. The fourth-order valence-corrected chi connectivity index (χ4v) is 3.12. The van der Waals surface area contributed by atoms with Crippen molar-refractivity contribution in [3.63, 3.8) is 0 Å². The van der Waals surface area contributed by atoms with Gasteiger partial charge in [0.15, 0.2) is 0 Å². The maximum atomic E-state index is 9.24. The second-order valence-electron chi connectivity index (χ2n) is 6.21. The van der Waals surface area contributed by atoms with Crippen molar-refractivity contribution >= 4 is 5.69 Å². The van der Waals surface area contributed by atoms with E-state index in [1.54, 1.807) is 0 Å². The van der Waals surface area contributed by atoms with Crippen molar-refractivity contribution in [1.82, 2.24) is 9.88 Å². The summed E-state index contributed by atoms with van der Waals surface area (Å²) in [6.07, 6.45) is 3.81. The van der Waals surface area contributed by atoms with Crippen LogP contribution in [0.2, 0.25) is 0 Å². The van der Waals surface area contributed by atoms with E-state index in [2.05, 4.69) is 28.2 Å². The van der Waals surface area contributed by atoms with E-state index in [9.17, 15) is 5.26 Å². The average molecular weight is 286 g/mol. The summed E-state index contributed by atoms with van der Waals surface area (Å²) in [5, 5.41) is 12.6. The van der Waals surface area contributed by atoms with Crippen LogP contribution in [0.5, 0.6) is 0 Å². The van der Waals surface area contributed by atoms with Crippen LogP contribution in [0.25, 0.3) is 0 Å². The van der Waals surface area contributed by atoms with Gasteiger partial charge in [0.2, 0.25) is 0 Å². The minimum Gasteiger partial charge on any atom is -0.384 e. The number of aryl methyl sites for hydroxylation is 2. The number of nitriles is 1. The number of likely N-dealkylation sites (tertiary alicyclic amines) is 1. The molecule has 1 fully saturated rings. The first-order chi connectivity index (χ1) is 10.1. The van der Waals surface area contributed by atoms with E-state index in [4.69, 9.17) is 0 Å². The number of hydrogen-bond donors (Lipinski definition) is 1. The Labute approximate surface area is 128 Å². The monoisotopic (exact) mass is 286 g/mol. The molecular weight excluding hydrogens is 260 g/mol. The normalized spacial score (nSPS) is 19.2. The zero-order chi connectivity index (χ0) is 15.2. The number of nitrogens with one attached hydrogen (secondary N) is 1. The summed E-state index contributed by atoms with van der Waals surface area (Å²) in [7, 11) is 0. The van der Waals surface area contributed by atoms with Gasteiger partial charge in [-0.2, -0.15) is 5.26 Å². The predicted molar refractivity (Wildman–Crippen MR) is 86.4 cm³/mol. The molecule has 1 atom stereocenters. The number of anilines is 1. The Kier molecular flexibility index (Phi) is 5.58. The highest BCUT2D eigenvalue weighted by Crippen LogP contribution is 2.19. The Morgan fingerprint density at radius 2 is 2.29 bits per heavy atom. The first-order valence-electron chi connectivity index (χ1n) is 7.94. The van der Waals surface area contributed by atoms with Gasteiger partial charge in [0.25, 0.3) is 0 Å². The molecule has 1 N–H and O–H groups in total. The Morgan fingerprint density at radius 3 is 3.00 bits per heavy atom. The van der Waals surface area contributed by atoms with Gasteiger partial charge in [-0.1, -0.05) is 6.92 Å². The average Bonchev–Trinajstić information content (AvgIpc) is 2.43. The Bertz CT molecular complexity index is 518. The molecule has 4 heteroatoms. The van der Waals surface area contributed by atoms with Crippen LogP contribution in [0.1, 0.15) is 43.1 Å². The van der Waals surface area contributed by atoms with Gasteiger partial charge in [-0.3, -0.25) is 4.98 Å². The minimum atomic E-state index is 0.673. The molecule has 0 bridgehead atoms. The zero-order valence-electron chi connectivity index (χ0n) is 13.4. The summed E-state index contributed by atoms with van der Waals surface area (Å²) >= 11 is 0. The molecule has 0 saturated carbocycles. The first kappa shape index (κ1) is 15.8. The van der Waals surface area contributed by atoms with E-state index >= 15 is 0 Å². The van der Waals surface area contributed by atoms with Gasteiger partial charge >= 0.3 is 0 Å². The zero-order valence-corrected chi connectivity index (χ0v) is 13.4. The third-order valence-corrected chi connectivity index (χ3v) is 4.15. The molecule has 114 valence electrons. The van der Waals surface area contributed by atoms with Gasteiger partial charge in [-0.25, -0.2) is 0 Å². The SMILES string of the molecule is Cc1cc(NCCCN2CCCC(C)C2)c(C#N)c(C)n1. The maximum absolute atomic E-state index is 9.24. The predicted octanol–water partition coefficient (Wildman–Crippen LogP) is 3.10. The molecular formula is C17H26N4. The highest BCUT2D eigenvalue weighted by molar-refractivity contribution is 5.59. The lowest BCUT2D eigenvalue weighted by molar-refractivity contribution is 0.183. The molecule has 2 heterocycles. The first-order valence-corrected chi connectivity index (χ1v) is 7.94. The van der Waals surface area contributed by atoms with E-state index in [1.807, 2.05) is 19.9 Å². The fourth-order valence-electron chi connectivity index (χ4n) is 3.12. The lowest BCUT2D eigenvalue weighted by Gasteiger charge is -2.30. The van der Waals surface area contributed by atoms with Crippen molar-refractivity contribution in [2.75, 3.05) is 31.5 Å². The molecule has 21 heavy (non-hydrogen) atoms. The van der Waals surface area contributed by atoms with Gasteiger partial charge < -0.3 is 10.2 Å². The highest BCUT2D eigenvalue weighted by Gasteiger charge is 2.15. The molecule has 4 nitrogen and oxygen atoms in total. The highest BCUT2D eigenvalue weighted by atomic mass is 15.1. The summed E-state index contributed by atoms with van der Waals surface area (Å²) in [4.78, 5) is 6.90. The number of pyridine rings is 1. The maximum Gasteiger partial charge on any atom is 0.103 e. The number of hydrogen-bond acceptors (Lipinski definition) is 4. The molecule has 1 aliphatic heterocycles. The Hall–Kier alpha value is -1.60. The molecule has 1 aromatic rings. The number of piperidine rings is 1. The molecule has 2 rings (SSSR count). The van der Waals surface area contributed by atoms with E-state index in [0.29, 0.717) is 5.56 Å². The van der Waals surface area contributed by atoms with Crippen LogP contribution in [0.4, 0.5) is 5.69 Å². The quantitative estimate of drug-likeness (QED) is 0.845. The van der Waals surface area contributed by atoms with Gasteiger partial charge in [0.05, 0.1) is 16.9 Å². The van der Waals surface area contributed by atoms with Crippen molar-refractivity contribution in [2.24, 2.45) is 5.92 Å². The lowest BCUT2D eigenvalue weighted by atomic mass is 10.0. The smallest absolute Gasteiger partial charge is 0.103 e. The third kappa shape index (κ3) is 4.44. The molecule has 0 radical (unpaired) electrons. The largest absolute Gasteiger partial charge is 0.384 e. The molecule has 0 spiro atoms. The summed E-state index contributed by atoms with van der Waals surface area (Å²) in [6, 6.07) is 4.22. The van der Waals surface area contributed by atoms with E-state index in [-0.39, 0.29) is 0 Å². The van der Waals surface area contributed by atoms with Crippen LogP contribution < -0.4 is 5.32 Å². The summed E-state index contributed by atoms with van der Waals surface area (Å²) in [5.74, 6) is 0.836. The van der Waals surface area contributed by atoms with Crippen LogP contribution in [0, 0.1) is 31.1 Å². The molecule has 1 aromatic heterocycles. The van der Waals surface area contributed by atoms with Crippen LogP contribution >= 0.6 is 0 Å². The van der Waals surface area contributed by atoms with Crippen LogP contribution in [-0.4, -0.2) is 36.1 Å². The van der Waals surface area contributed by atoms with Gasteiger partial charge in [-0.05, 0) is 58.2 Å². The molecule has 0 aromatic carbocycles. The van der Waals surface area contributed by atoms with Crippen molar-refractivity contribution in [1.29, 1.82) is 5.26 Å². The number of rotatable bonds is 5. The topological polar surface area (TPSA) is 52.0 Å². The van der Waals surface area contributed by atoms with Crippen molar-refractivity contribution < 1.29 is 0 Å². The summed E-state index contributed by atoms with van der Waals surface area (Å²) in [6.45, 7) is 10.7. The van der Waals surface area contributed by atoms with Gasteiger partial charge in [0, 0.05) is 18.8 Å². The van der Waals surface area contributed by atoms with Crippen molar-refractivity contribution in [3.8, 4) is 6.07 Å². The van der Waals surface area contributed by atoms with Crippen LogP contribution in [-0.2, 0) is 0 Å². The van der Waals surface area contributed by atoms with E-state index < -0.39 is 0 Å². The summed E-state index contributed by atoms with van der Waals surface area (Å²) < 4.78 is 0. The van der Waals surface area contributed by atoms with Crippen molar-refractivity contribution in [2.45, 2.75) is 40.0 Å². The summed E-state index contributed by atoms with van der Waals surface area (Å²) in [5.41, 5.74) is 3.37. The van der Waals surface area contributed by atoms with E-state index in [1.165, 1.54) is 25.9 Å². The second-order valence-corrected chi connectivity index (χ2v) is 6.21. The van der Waals surface area contributed by atoms with Gasteiger partial charge in [-0.15, -0.1) is 0 Å². The molecule has 1 saturated heterocycles. The third-order valence-electron chi connectivity index (χ3n) is 4.15. The van der Waals surface area contributed by atoms with E-state index in [0.717, 1.165) is 42.5 Å². The number of aromatic nitrogens is 1. The van der Waals surface area contributed by atoms with Crippen molar-refractivity contribution in [3.05, 3.63) is 23.0 Å². The van der Waals surface area contributed by atoms with Gasteiger partial charge in [0.1, 0.15) is 6.07 Å². The minimum absolute atomic E-state index is 0.673. The second kappa shape index (κ2) is 7.42. The molecule has 0 aliphatic carbocycles. The van der Waals surface area contributed by atoms with Crippen LogP contribution in [0.3, 0.4) is 0 Å². The fraction of sp³-hybridized carbons (Fsp3) is 0.647. The lowest BCUT2D eigenvalue weighted by Crippen LogP contribution is -2.35. The molecule has 1 aliphatic rings. The standard InChI is InChI=1S/C17H26N4/c1-13-6-4-8-21(12-13)9-5-7-19-17-10-14(2)20-15(3)16(17)11-18/h10,13H,4-9,12H2,1-3H3,(H,19,20). The Balaban J connectivity index is 1.82. The Morgan fingerprint density at radius 1 is 1.48 bits per heavy atom. The van der Waals surface area contributed by atoms with Crippen LogP contribution in [0.15, 0.2) is 6.07 Å².